The molecule has 0 aliphatic carbocycles. The first kappa shape index (κ1) is 11.2. The second-order valence-electron chi connectivity index (χ2n) is 3.80. The highest BCUT2D eigenvalue weighted by Crippen LogP contribution is 2.31. The van der Waals surface area contributed by atoms with Crippen LogP contribution in [0.15, 0.2) is 24.3 Å². The smallest absolute Gasteiger partial charge is 0.166 e. The van der Waals surface area contributed by atoms with E-state index in [1.165, 1.54) is 6.07 Å². The first-order valence-corrected chi connectivity index (χ1v) is 4.18. The van der Waals surface area contributed by atoms with Crippen LogP contribution in [0.4, 0.5) is 13.2 Å². The molecule has 0 aromatic heterocycles. The van der Waals surface area contributed by atoms with Gasteiger partial charge in [-0.2, -0.15) is 13.2 Å². The summed E-state index contributed by atoms with van der Waals surface area (Å²) in [7, 11) is 5.70. The fourth-order valence-electron chi connectivity index (χ4n) is 1.10. The third kappa shape index (κ3) is 2.53. The third-order valence-corrected chi connectivity index (χ3v) is 1.93. The van der Waals surface area contributed by atoms with E-state index >= 15 is 0 Å². The summed E-state index contributed by atoms with van der Waals surface area (Å²) >= 11 is 0. The van der Waals surface area contributed by atoms with E-state index in [0.717, 1.165) is 12.1 Å². The zero-order valence-corrected chi connectivity index (χ0v) is 8.02. The largest absolute Gasteiger partial charge is 0.416 e. The van der Waals surface area contributed by atoms with Crippen LogP contribution in [0.25, 0.3) is 0 Å². The molecule has 0 N–H and O–H groups in total. The molecule has 0 amide bonds. The van der Waals surface area contributed by atoms with E-state index in [2.05, 4.69) is 0 Å². The predicted octanol–water partition coefficient (Wildman–Crippen LogP) is 3.11. The van der Waals surface area contributed by atoms with Crippen molar-refractivity contribution in [3.8, 4) is 0 Å². The van der Waals surface area contributed by atoms with Crippen molar-refractivity contribution in [3.63, 3.8) is 0 Å². The summed E-state index contributed by atoms with van der Waals surface area (Å²) in [6.07, 6.45) is -4.30. The minimum absolute atomic E-state index is 0.479. The van der Waals surface area contributed by atoms with Crippen molar-refractivity contribution in [2.75, 3.05) is 0 Å². The second-order valence-corrected chi connectivity index (χ2v) is 3.80. The topological polar surface area (TPSA) is 0 Å². The van der Waals surface area contributed by atoms with Crippen molar-refractivity contribution in [2.24, 2.45) is 0 Å². The van der Waals surface area contributed by atoms with Gasteiger partial charge in [0, 0.05) is 0 Å². The molecular formula is C10H10BF3. The van der Waals surface area contributed by atoms with Gasteiger partial charge in [-0.1, -0.05) is 37.6 Å². The van der Waals surface area contributed by atoms with Crippen LogP contribution in [0.3, 0.4) is 0 Å². The van der Waals surface area contributed by atoms with Gasteiger partial charge in [0.2, 0.25) is 0 Å². The van der Waals surface area contributed by atoms with Crippen LogP contribution in [0, 0.1) is 0 Å². The van der Waals surface area contributed by atoms with Gasteiger partial charge < -0.3 is 0 Å². The summed E-state index contributed by atoms with van der Waals surface area (Å²) in [6, 6.07) is 5.08. The molecular weight excluding hydrogens is 188 g/mol. The van der Waals surface area contributed by atoms with Gasteiger partial charge in [0.05, 0.1) is 13.4 Å². The lowest BCUT2D eigenvalue weighted by atomic mass is 9.67. The number of hydrogen-bond acceptors (Lipinski definition) is 0. The average molecular weight is 198 g/mol. The van der Waals surface area contributed by atoms with Gasteiger partial charge in [-0.3, -0.25) is 0 Å². The van der Waals surface area contributed by atoms with Crippen LogP contribution in [0.5, 0.6) is 0 Å². The lowest BCUT2D eigenvalue weighted by molar-refractivity contribution is -0.137. The van der Waals surface area contributed by atoms with Gasteiger partial charge in [0.25, 0.3) is 0 Å². The van der Waals surface area contributed by atoms with Crippen LogP contribution < -0.4 is 0 Å². The van der Waals surface area contributed by atoms with E-state index in [9.17, 15) is 13.2 Å². The highest BCUT2D eigenvalue weighted by molar-refractivity contribution is 6.15. The van der Waals surface area contributed by atoms with Crippen molar-refractivity contribution >= 4 is 7.85 Å². The maximum Gasteiger partial charge on any atom is 0.416 e. The average Bonchev–Trinajstić information content (AvgIpc) is 2.01. The van der Waals surface area contributed by atoms with Crippen molar-refractivity contribution in [1.29, 1.82) is 0 Å². The molecule has 74 valence electrons. The Morgan fingerprint density at radius 3 is 2.00 bits per heavy atom. The number of halogens is 3. The maximum absolute atomic E-state index is 12.3. The molecule has 2 radical (unpaired) electrons. The highest BCUT2D eigenvalue weighted by atomic mass is 19.4. The number of benzene rings is 1. The summed E-state index contributed by atoms with van der Waals surface area (Å²) in [5.41, 5.74) is -0.180. The molecule has 1 rings (SSSR count). The molecule has 0 nitrogen and oxygen atoms in total. The van der Waals surface area contributed by atoms with Crippen molar-refractivity contribution < 1.29 is 13.2 Å². The molecule has 0 heterocycles. The van der Waals surface area contributed by atoms with Gasteiger partial charge in [-0.05, 0) is 11.4 Å². The first-order chi connectivity index (χ1) is 6.21. The number of alkyl halides is 3. The number of rotatable bonds is 1. The van der Waals surface area contributed by atoms with E-state index in [0.29, 0.717) is 5.56 Å². The predicted molar refractivity (Wildman–Crippen MR) is 50.2 cm³/mol. The molecule has 14 heavy (non-hydrogen) atoms. The summed E-state index contributed by atoms with van der Waals surface area (Å²) in [4.78, 5) is 0. The van der Waals surface area contributed by atoms with Gasteiger partial charge in [-0.15, -0.1) is 0 Å². The lowest BCUT2D eigenvalue weighted by Crippen LogP contribution is -2.17. The van der Waals surface area contributed by atoms with Crippen molar-refractivity contribution in [2.45, 2.75) is 25.3 Å². The Balaban J connectivity index is 3.15. The summed E-state index contributed by atoms with van der Waals surface area (Å²) in [6.45, 7) is 3.34. The minimum Gasteiger partial charge on any atom is -0.166 e. The summed E-state index contributed by atoms with van der Waals surface area (Å²) in [5, 5.41) is -0.749. The zero-order chi connectivity index (χ0) is 11.0. The monoisotopic (exact) mass is 198 g/mol. The third-order valence-electron chi connectivity index (χ3n) is 1.93. The Bertz CT molecular complexity index is 294. The van der Waals surface area contributed by atoms with E-state index in [1.807, 2.05) is 0 Å². The molecule has 0 saturated carbocycles. The standard InChI is InChI=1S/C10H10BF3/c1-9(2,11)7-4-3-5-8(6-7)10(12,13)14/h3-6H,1-2H3. The molecule has 0 bridgehead atoms. The van der Waals surface area contributed by atoms with E-state index in [-0.39, 0.29) is 0 Å². The van der Waals surface area contributed by atoms with Gasteiger partial charge in [0.15, 0.2) is 0 Å². The summed E-state index contributed by atoms with van der Waals surface area (Å²) in [5.74, 6) is 0. The fourth-order valence-corrected chi connectivity index (χ4v) is 1.10. The molecule has 4 heteroatoms. The normalized spacial score (nSPS) is 12.9. The first-order valence-electron chi connectivity index (χ1n) is 4.18. The minimum atomic E-state index is -4.30. The van der Waals surface area contributed by atoms with Gasteiger partial charge in [0.1, 0.15) is 0 Å². The molecule has 0 aliphatic heterocycles. The lowest BCUT2D eigenvalue weighted by Gasteiger charge is -2.20. The summed E-state index contributed by atoms with van der Waals surface area (Å²) < 4.78 is 36.9. The van der Waals surface area contributed by atoms with Crippen LogP contribution in [-0.2, 0) is 11.5 Å². The fraction of sp³-hybridized carbons (Fsp3) is 0.400. The molecule has 0 atom stereocenters. The van der Waals surface area contributed by atoms with Gasteiger partial charge >= 0.3 is 6.18 Å². The Labute approximate surface area is 82.5 Å². The van der Waals surface area contributed by atoms with Crippen LogP contribution in [-0.4, -0.2) is 7.85 Å². The van der Waals surface area contributed by atoms with Crippen LogP contribution in [0.1, 0.15) is 25.0 Å². The van der Waals surface area contributed by atoms with Crippen molar-refractivity contribution in [3.05, 3.63) is 35.4 Å². The van der Waals surface area contributed by atoms with Crippen LogP contribution >= 0.6 is 0 Å². The molecule has 1 aromatic carbocycles. The van der Waals surface area contributed by atoms with E-state index in [1.54, 1.807) is 19.9 Å². The maximum atomic E-state index is 12.3. The molecule has 0 fully saturated rings. The van der Waals surface area contributed by atoms with Crippen molar-refractivity contribution in [1.82, 2.24) is 0 Å². The number of hydrogen-bond donors (Lipinski definition) is 0. The Morgan fingerprint density at radius 2 is 1.57 bits per heavy atom. The second kappa shape index (κ2) is 3.33. The van der Waals surface area contributed by atoms with E-state index in [4.69, 9.17) is 7.85 Å². The zero-order valence-electron chi connectivity index (χ0n) is 8.02. The molecule has 1 aromatic rings. The molecule has 0 spiro atoms. The molecule has 0 saturated heterocycles. The Kier molecular flexibility index (Phi) is 2.66. The Hall–Kier alpha value is -0.925. The van der Waals surface area contributed by atoms with Crippen LogP contribution in [0.2, 0.25) is 0 Å². The molecule has 0 unspecified atom stereocenters. The Morgan fingerprint density at radius 1 is 1.07 bits per heavy atom. The molecule has 0 aliphatic rings. The van der Waals surface area contributed by atoms with Gasteiger partial charge in [-0.25, -0.2) is 0 Å². The van der Waals surface area contributed by atoms with E-state index < -0.39 is 17.1 Å². The quantitative estimate of drug-likeness (QED) is 0.608. The SMILES string of the molecule is [B]C(C)(C)c1cccc(C(F)(F)F)c1. The highest BCUT2D eigenvalue weighted by Gasteiger charge is 2.31.